The van der Waals surface area contributed by atoms with Gasteiger partial charge in [-0.05, 0) is 49.4 Å². The highest BCUT2D eigenvalue weighted by Crippen LogP contribution is 2.24. The van der Waals surface area contributed by atoms with Crippen LogP contribution in [-0.4, -0.2) is 59.5 Å². The summed E-state index contributed by atoms with van der Waals surface area (Å²) in [6, 6.07) is 12.6. The maximum atomic E-state index is 12.2. The number of nitrogens with one attached hydrogen (secondary N) is 3. The van der Waals surface area contributed by atoms with Gasteiger partial charge in [-0.1, -0.05) is 31.8 Å². The predicted molar refractivity (Wildman–Crippen MR) is 138 cm³/mol. The minimum Gasteiger partial charge on any atom is -0.395 e. The number of hydrogen-bond acceptors (Lipinski definition) is 7. The summed E-state index contributed by atoms with van der Waals surface area (Å²) < 4.78 is 5.27. The zero-order valence-electron chi connectivity index (χ0n) is 20.6. The van der Waals surface area contributed by atoms with Crippen molar-refractivity contribution in [2.75, 3.05) is 49.2 Å². The summed E-state index contributed by atoms with van der Waals surface area (Å²) in [7, 11) is 1.98. The molecule has 2 amide bonds. The van der Waals surface area contributed by atoms with Crippen LogP contribution in [0.1, 0.15) is 37.8 Å². The highest BCUT2D eigenvalue weighted by Gasteiger charge is 2.20. The number of nitrogens with zero attached hydrogens (tertiary/aromatic N) is 3. The van der Waals surface area contributed by atoms with Gasteiger partial charge in [0.2, 0.25) is 0 Å². The van der Waals surface area contributed by atoms with Crippen LogP contribution < -0.4 is 16.0 Å². The van der Waals surface area contributed by atoms with Gasteiger partial charge in [0.25, 0.3) is 0 Å². The molecule has 2 aromatic heterocycles. The van der Waals surface area contributed by atoms with E-state index < -0.39 is 6.03 Å². The van der Waals surface area contributed by atoms with E-state index in [0.29, 0.717) is 29.5 Å². The number of aliphatic hydroxyl groups excluding tert-OH is 1. The first kappa shape index (κ1) is 25.7. The first-order valence-electron chi connectivity index (χ1n) is 11.4. The second-order valence-electron chi connectivity index (χ2n) is 9.12. The van der Waals surface area contributed by atoms with Crippen molar-refractivity contribution < 1.29 is 14.4 Å². The van der Waals surface area contributed by atoms with E-state index in [-0.39, 0.29) is 12.0 Å². The Balaban J connectivity index is 1.48. The average Bonchev–Trinajstić information content (AvgIpc) is 3.29. The summed E-state index contributed by atoms with van der Waals surface area (Å²) in [5.41, 5.74) is 2.82. The van der Waals surface area contributed by atoms with E-state index in [1.54, 1.807) is 24.4 Å². The Hall–Kier alpha value is -3.87. The molecular formula is C26H32N6O3. The number of carbonyl (C=O) groups is 1. The second-order valence-corrected chi connectivity index (χ2v) is 9.12. The maximum absolute atomic E-state index is 12.2. The molecule has 0 spiro atoms. The number of aliphatic hydroxyl groups is 1. The lowest BCUT2D eigenvalue weighted by Gasteiger charge is -2.15. The Morgan fingerprint density at radius 2 is 1.80 bits per heavy atom. The zero-order valence-corrected chi connectivity index (χ0v) is 20.6. The van der Waals surface area contributed by atoms with Gasteiger partial charge in [-0.3, -0.25) is 5.32 Å². The lowest BCUT2D eigenvalue weighted by Crippen LogP contribution is -2.27. The molecule has 35 heavy (non-hydrogen) atoms. The molecule has 3 aromatic rings. The zero-order chi connectivity index (χ0) is 25.3. The summed E-state index contributed by atoms with van der Waals surface area (Å²) in [5.74, 6) is 7.15. The molecule has 3 rings (SSSR count). The minimum absolute atomic E-state index is 0.162. The number of hydrogen-bond donors (Lipinski definition) is 4. The molecular weight excluding hydrogens is 444 g/mol. The molecule has 0 bridgehead atoms. The van der Waals surface area contributed by atoms with Crippen LogP contribution in [0.2, 0.25) is 0 Å². The quantitative estimate of drug-likeness (QED) is 0.366. The van der Waals surface area contributed by atoms with Gasteiger partial charge in [-0.25, -0.2) is 9.78 Å². The molecule has 1 aromatic carbocycles. The van der Waals surface area contributed by atoms with Crippen molar-refractivity contribution in [1.82, 2.24) is 15.0 Å². The van der Waals surface area contributed by atoms with Crippen LogP contribution in [0.25, 0.3) is 0 Å². The van der Waals surface area contributed by atoms with Crippen LogP contribution in [0.5, 0.6) is 0 Å². The van der Waals surface area contributed by atoms with Crippen molar-refractivity contribution in [3.8, 4) is 11.8 Å². The van der Waals surface area contributed by atoms with Crippen molar-refractivity contribution in [2.24, 2.45) is 0 Å². The molecule has 0 radical (unpaired) electrons. The number of amides is 2. The van der Waals surface area contributed by atoms with Crippen molar-refractivity contribution in [1.29, 1.82) is 0 Å². The van der Waals surface area contributed by atoms with Gasteiger partial charge >= 0.3 is 6.03 Å². The maximum Gasteiger partial charge on any atom is 0.324 e. The average molecular weight is 477 g/mol. The SMILES string of the molecule is CN(CCO)CCNc1ccc(C#Cc2ccc(NC(=O)Nc3cc(C(C)(C)C)on3)cn2)cc1. The van der Waals surface area contributed by atoms with Gasteiger partial charge in [0.1, 0.15) is 11.5 Å². The summed E-state index contributed by atoms with van der Waals surface area (Å²) in [4.78, 5) is 18.6. The Morgan fingerprint density at radius 1 is 1.06 bits per heavy atom. The smallest absolute Gasteiger partial charge is 0.324 e. The number of aromatic nitrogens is 2. The Bertz CT molecular complexity index is 1150. The number of rotatable bonds is 8. The first-order valence-corrected chi connectivity index (χ1v) is 11.4. The van der Waals surface area contributed by atoms with E-state index in [4.69, 9.17) is 9.63 Å². The molecule has 0 aliphatic carbocycles. The predicted octanol–water partition coefficient (Wildman–Crippen LogP) is 3.75. The third-order valence-corrected chi connectivity index (χ3v) is 5.04. The van der Waals surface area contributed by atoms with E-state index in [0.717, 1.165) is 24.3 Å². The van der Waals surface area contributed by atoms with Crippen LogP contribution in [0.4, 0.5) is 22.0 Å². The Kier molecular flexibility index (Phi) is 8.84. The molecule has 0 aliphatic heterocycles. The minimum atomic E-state index is -0.437. The van der Waals surface area contributed by atoms with Gasteiger partial charge in [0.15, 0.2) is 5.82 Å². The number of benzene rings is 1. The second kappa shape index (κ2) is 12.0. The molecule has 9 nitrogen and oxygen atoms in total. The van der Waals surface area contributed by atoms with E-state index in [2.05, 4.69) is 42.8 Å². The number of urea groups is 1. The normalized spacial score (nSPS) is 11.0. The van der Waals surface area contributed by atoms with Gasteiger partial charge in [-0.2, -0.15) is 0 Å². The summed E-state index contributed by atoms with van der Waals surface area (Å²) in [6.07, 6.45) is 1.55. The number of likely N-dealkylation sites (N-methyl/N-ethyl adjacent to an activating group) is 1. The van der Waals surface area contributed by atoms with Crippen molar-refractivity contribution in [2.45, 2.75) is 26.2 Å². The van der Waals surface area contributed by atoms with Crippen LogP contribution in [0.15, 0.2) is 53.2 Å². The number of anilines is 3. The van der Waals surface area contributed by atoms with E-state index in [9.17, 15) is 4.79 Å². The Morgan fingerprint density at radius 3 is 2.43 bits per heavy atom. The van der Waals surface area contributed by atoms with E-state index in [1.807, 2.05) is 52.1 Å². The number of carbonyl (C=O) groups excluding carboxylic acids is 1. The van der Waals surface area contributed by atoms with Crippen molar-refractivity contribution in [3.63, 3.8) is 0 Å². The molecule has 0 atom stereocenters. The molecule has 0 aliphatic rings. The fraction of sp³-hybridized carbons (Fsp3) is 0.346. The van der Waals surface area contributed by atoms with Crippen molar-refractivity contribution in [3.05, 3.63) is 65.7 Å². The highest BCUT2D eigenvalue weighted by molar-refractivity contribution is 5.99. The summed E-state index contributed by atoms with van der Waals surface area (Å²) in [5, 5.41) is 21.5. The standard InChI is InChI=1S/C26H32N6O3/c1-26(2,3)23-17-24(31-35-23)30-25(34)29-22-12-11-21(28-18-22)10-7-19-5-8-20(9-6-19)27-13-14-32(4)15-16-33/h5-6,8-9,11-12,17-18,27,33H,13-16H2,1-4H3,(H2,29,30,31,34). The van der Waals surface area contributed by atoms with E-state index >= 15 is 0 Å². The fourth-order valence-electron chi connectivity index (χ4n) is 2.99. The van der Waals surface area contributed by atoms with Gasteiger partial charge in [0.05, 0.1) is 18.5 Å². The van der Waals surface area contributed by atoms with Gasteiger partial charge in [0, 0.05) is 42.4 Å². The monoisotopic (exact) mass is 476 g/mol. The first-order chi connectivity index (χ1) is 16.7. The molecule has 2 heterocycles. The van der Waals surface area contributed by atoms with E-state index in [1.165, 1.54) is 0 Å². The topological polar surface area (TPSA) is 116 Å². The lowest BCUT2D eigenvalue weighted by molar-refractivity contribution is 0.225. The van der Waals surface area contributed by atoms with Crippen LogP contribution >= 0.6 is 0 Å². The molecule has 0 fully saturated rings. The van der Waals surface area contributed by atoms with Crippen LogP contribution in [0, 0.1) is 11.8 Å². The molecule has 0 unspecified atom stereocenters. The largest absolute Gasteiger partial charge is 0.395 e. The van der Waals surface area contributed by atoms with Crippen LogP contribution in [-0.2, 0) is 5.41 Å². The van der Waals surface area contributed by atoms with Gasteiger partial charge < -0.3 is 25.2 Å². The molecule has 0 saturated carbocycles. The Labute approximate surface area is 205 Å². The third-order valence-electron chi connectivity index (χ3n) is 5.04. The summed E-state index contributed by atoms with van der Waals surface area (Å²) >= 11 is 0. The van der Waals surface area contributed by atoms with Crippen molar-refractivity contribution >= 4 is 23.2 Å². The third kappa shape index (κ3) is 8.45. The fourth-order valence-corrected chi connectivity index (χ4v) is 2.99. The molecule has 184 valence electrons. The highest BCUT2D eigenvalue weighted by atomic mass is 16.5. The van der Waals surface area contributed by atoms with Gasteiger partial charge in [-0.15, -0.1) is 0 Å². The molecule has 0 saturated heterocycles. The molecule has 4 N–H and O–H groups in total. The van der Waals surface area contributed by atoms with Crippen LogP contribution in [0.3, 0.4) is 0 Å². The lowest BCUT2D eigenvalue weighted by atomic mass is 9.93. The number of pyridine rings is 1. The molecule has 9 heteroatoms. The summed E-state index contributed by atoms with van der Waals surface area (Å²) in [6.45, 7) is 8.47.